The highest BCUT2D eigenvalue weighted by Gasteiger charge is 2.12. The molecule has 1 N–H and O–H groups in total. The van der Waals surface area contributed by atoms with E-state index >= 15 is 0 Å². The van der Waals surface area contributed by atoms with E-state index in [0.717, 1.165) is 17.4 Å². The van der Waals surface area contributed by atoms with E-state index < -0.39 is 11.2 Å². The lowest BCUT2D eigenvalue weighted by Crippen LogP contribution is -1.98. The molecular weight excluding hydrogens is 304 g/mol. The Labute approximate surface area is 129 Å². The van der Waals surface area contributed by atoms with Gasteiger partial charge in [-0.15, -0.1) is 10.2 Å². The number of hydrogen-bond acceptors (Lipinski definition) is 7. The molecule has 0 aliphatic rings. The average molecular weight is 316 g/mol. The summed E-state index contributed by atoms with van der Waals surface area (Å²) >= 11 is 1.25. The Hall–Kier alpha value is -2.54. The summed E-state index contributed by atoms with van der Waals surface area (Å²) in [6.07, 6.45) is 1.02. The van der Waals surface area contributed by atoms with E-state index in [1.807, 2.05) is 31.2 Å². The van der Waals surface area contributed by atoms with E-state index in [1.165, 1.54) is 17.8 Å². The second-order valence-electron chi connectivity index (χ2n) is 4.57. The van der Waals surface area contributed by atoms with Crippen LogP contribution < -0.4 is 5.43 Å². The summed E-state index contributed by atoms with van der Waals surface area (Å²) in [5.41, 5.74) is 1.46. The Morgan fingerprint density at radius 2 is 2.09 bits per heavy atom. The van der Waals surface area contributed by atoms with Gasteiger partial charge in [0, 0.05) is 11.6 Å². The second kappa shape index (κ2) is 6.07. The Bertz CT molecular complexity index is 856. The van der Waals surface area contributed by atoms with E-state index in [9.17, 15) is 4.79 Å². The highest BCUT2D eigenvalue weighted by molar-refractivity contribution is 7.98. The first-order chi connectivity index (χ1) is 10.6. The first kappa shape index (κ1) is 14.4. The van der Waals surface area contributed by atoms with E-state index in [4.69, 9.17) is 13.9 Å². The van der Waals surface area contributed by atoms with Crippen LogP contribution in [0.3, 0.4) is 0 Å². The molecule has 6 nitrogen and oxygen atoms in total. The number of rotatable bonds is 4. The molecule has 0 saturated heterocycles. The fourth-order valence-electron chi connectivity index (χ4n) is 1.84. The molecule has 0 aliphatic carbocycles. The predicted octanol–water partition coefficient (Wildman–Crippen LogP) is 3.00. The molecule has 0 atom stereocenters. The van der Waals surface area contributed by atoms with E-state index in [1.54, 1.807) is 0 Å². The van der Waals surface area contributed by atoms with Gasteiger partial charge in [0.15, 0.2) is 5.75 Å². The SMILES string of the molecule is Cc1ccccc1-c1nnc(SCc2cc(=O)c(O)co2)o1. The van der Waals surface area contributed by atoms with Gasteiger partial charge in [-0.25, -0.2) is 0 Å². The minimum atomic E-state index is -0.479. The molecule has 0 bridgehead atoms. The molecule has 0 amide bonds. The van der Waals surface area contributed by atoms with E-state index in [0.29, 0.717) is 22.6 Å². The minimum absolute atomic E-state index is 0.352. The Balaban J connectivity index is 1.73. The summed E-state index contributed by atoms with van der Waals surface area (Å²) in [6, 6.07) is 8.97. The zero-order chi connectivity index (χ0) is 15.5. The zero-order valence-corrected chi connectivity index (χ0v) is 12.5. The standard InChI is InChI=1S/C15H12N2O4S/c1-9-4-2-3-5-11(9)14-16-17-15(21-14)22-8-10-6-12(18)13(19)7-20-10/h2-7,19H,8H2,1H3. The maximum absolute atomic E-state index is 11.3. The van der Waals surface area contributed by atoms with Gasteiger partial charge in [0.25, 0.3) is 5.22 Å². The molecule has 22 heavy (non-hydrogen) atoms. The molecule has 0 saturated carbocycles. The Morgan fingerprint density at radius 1 is 1.27 bits per heavy atom. The summed E-state index contributed by atoms with van der Waals surface area (Å²) in [5, 5.41) is 17.5. The van der Waals surface area contributed by atoms with Gasteiger partial charge in [0.2, 0.25) is 11.3 Å². The maximum Gasteiger partial charge on any atom is 0.277 e. The number of aromatic hydroxyl groups is 1. The summed E-state index contributed by atoms with van der Waals surface area (Å²) in [7, 11) is 0. The second-order valence-corrected chi connectivity index (χ2v) is 5.50. The van der Waals surface area contributed by atoms with Gasteiger partial charge in [-0.3, -0.25) is 4.79 Å². The molecule has 2 aromatic heterocycles. The number of hydrogen-bond donors (Lipinski definition) is 1. The summed E-state index contributed by atoms with van der Waals surface area (Å²) in [4.78, 5) is 11.3. The van der Waals surface area contributed by atoms with Crippen LogP contribution in [0.5, 0.6) is 5.75 Å². The first-order valence-electron chi connectivity index (χ1n) is 6.46. The van der Waals surface area contributed by atoms with Gasteiger partial charge in [0.1, 0.15) is 12.0 Å². The molecule has 2 heterocycles. The third kappa shape index (κ3) is 3.04. The van der Waals surface area contributed by atoms with E-state index in [-0.39, 0.29) is 0 Å². The van der Waals surface area contributed by atoms with Crippen molar-refractivity contribution in [1.82, 2.24) is 10.2 Å². The average Bonchev–Trinajstić information content (AvgIpc) is 2.98. The molecule has 3 aromatic rings. The fourth-order valence-corrected chi connectivity index (χ4v) is 2.50. The first-order valence-corrected chi connectivity index (χ1v) is 7.45. The Kier molecular flexibility index (Phi) is 3.97. The highest BCUT2D eigenvalue weighted by Crippen LogP contribution is 2.27. The van der Waals surface area contributed by atoms with Crippen molar-refractivity contribution in [2.75, 3.05) is 0 Å². The number of thioether (sulfide) groups is 1. The van der Waals surface area contributed by atoms with Crippen LogP contribution in [0.15, 0.2) is 55.4 Å². The van der Waals surface area contributed by atoms with Crippen molar-refractivity contribution in [3.63, 3.8) is 0 Å². The normalized spacial score (nSPS) is 10.8. The van der Waals surface area contributed by atoms with Crippen LogP contribution in [0.25, 0.3) is 11.5 Å². The van der Waals surface area contributed by atoms with Gasteiger partial charge in [-0.1, -0.05) is 30.0 Å². The van der Waals surface area contributed by atoms with Crippen LogP contribution >= 0.6 is 11.8 Å². The number of aromatic nitrogens is 2. The third-order valence-electron chi connectivity index (χ3n) is 2.99. The molecule has 0 radical (unpaired) electrons. The van der Waals surface area contributed by atoms with E-state index in [2.05, 4.69) is 10.2 Å². The van der Waals surface area contributed by atoms with Crippen LogP contribution in [0, 0.1) is 6.92 Å². The molecule has 0 aliphatic heterocycles. The molecule has 7 heteroatoms. The van der Waals surface area contributed by atoms with Crippen molar-refractivity contribution < 1.29 is 13.9 Å². The summed E-state index contributed by atoms with van der Waals surface area (Å²) in [5.74, 6) is 0.815. The van der Waals surface area contributed by atoms with Gasteiger partial charge in [-0.2, -0.15) is 0 Å². The molecular formula is C15H12N2O4S. The third-order valence-corrected chi connectivity index (χ3v) is 3.83. The quantitative estimate of drug-likeness (QED) is 0.740. The van der Waals surface area contributed by atoms with Gasteiger partial charge in [0.05, 0.1) is 5.75 Å². The van der Waals surface area contributed by atoms with Crippen LogP contribution in [-0.2, 0) is 5.75 Å². The van der Waals surface area contributed by atoms with Crippen molar-refractivity contribution in [2.45, 2.75) is 17.9 Å². The van der Waals surface area contributed by atoms with Crippen LogP contribution in [-0.4, -0.2) is 15.3 Å². The lowest BCUT2D eigenvalue weighted by atomic mass is 10.1. The van der Waals surface area contributed by atoms with Crippen LogP contribution in [0.4, 0.5) is 0 Å². The zero-order valence-electron chi connectivity index (χ0n) is 11.6. The lowest BCUT2D eigenvalue weighted by Gasteiger charge is -1.99. The fraction of sp³-hybridized carbons (Fsp3) is 0.133. The molecule has 1 aromatic carbocycles. The highest BCUT2D eigenvalue weighted by atomic mass is 32.2. The van der Waals surface area contributed by atoms with Gasteiger partial charge in [-0.05, 0) is 18.6 Å². The number of aryl methyl sites for hydroxylation is 1. The van der Waals surface area contributed by atoms with Crippen molar-refractivity contribution in [1.29, 1.82) is 0 Å². The number of benzene rings is 1. The van der Waals surface area contributed by atoms with Crippen molar-refractivity contribution in [2.24, 2.45) is 0 Å². The molecule has 0 spiro atoms. The summed E-state index contributed by atoms with van der Waals surface area (Å²) in [6.45, 7) is 1.97. The smallest absolute Gasteiger partial charge is 0.277 e. The van der Waals surface area contributed by atoms with Crippen LogP contribution in [0.2, 0.25) is 0 Å². The molecule has 0 unspecified atom stereocenters. The molecule has 3 rings (SSSR count). The monoisotopic (exact) mass is 316 g/mol. The van der Waals surface area contributed by atoms with Crippen molar-refractivity contribution >= 4 is 11.8 Å². The maximum atomic E-state index is 11.3. The van der Waals surface area contributed by atoms with Crippen molar-refractivity contribution in [3.8, 4) is 17.2 Å². The van der Waals surface area contributed by atoms with Crippen LogP contribution in [0.1, 0.15) is 11.3 Å². The largest absolute Gasteiger partial charge is 0.502 e. The lowest BCUT2D eigenvalue weighted by molar-refractivity contribution is 0.418. The summed E-state index contributed by atoms with van der Waals surface area (Å²) < 4.78 is 10.7. The minimum Gasteiger partial charge on any atom is -0.502 e. The Morgan fingerprint density at radius 3 is 2.86 bits per heavy atom. The number of nitrogens with zero attached hydrogens (tertiary/aromatic N) is 2. The molecule has 0 fully saturated rings. The van der Waals surface area contributed by atoms with Gasteiger partial charge >= 0.3 is 0 Å². The van der Waals surface area contributed by atoms with Crippen molar-refractivity contribution in [3.05, 3.63) is 58.1 Å². The van der Waals surface area contributed by atoms with Gasteiger partial charge < -0.3 is 13.9 Å². The predicted molar refractivity (Wildman–Crippen MR) is 80.7 cm³/mol. The molecule has 112 valence electrons. The topological polar surface area (TPSA) is 89.4 Å².